The quantitative estimate of drug-likeness (QED) is 0.498. The van der Waals surface area contributed by atoms with Gasteiger partial charge in [0.05, 0.1) is 40.8 Å². The summed E-state index contributed by atoms with van der Waals surface area (Å²) in [6.45, 7) is 4.02. The number of hydrogen-bond acceptors (Lipinski definition) is 8. The number of H-pyrrole nitrogens is 1. The zero-order valence-corrected chi connectivity index (χ0v) is 18.8. The van der Waals surface area contributed by atoms with Crippen molar-refractivity contribution >= 4 is 22.8 Å². The van der Waals surface area contributed by atoms with E-state index in [1.165, 1.54) is 0 Å². The summed E-state index contributed by atoms with van der Waals surface area (Å²) < 4.78 is 18.8. The van der Waals surface area contributed by atoms with E-state index >= 15 is 0 Å². The molecular weight excluding hydrogens is 438 g/mol. The summed E-state index contributed by atoms with van der Waals surface area (Å²) in [6, 6.07) is 3.98. The van der Waals surface area contributed by atoms with Crippen LogP contribution in [0.5, 0.6) is 6.01 Å². The van der Waals surface area contributed by atoms with Crippen molar-refractivity contribution in [3.63, 3.8) is 0 Å². The molecular formula is C21H26ClN5O5. The molecule has 2 aliphatic rings. The molecule has 10 nitrogen and oxygen atoms in total. The summed E-state index contributed by atoms with van der Waals surface area (Å²) in [5.74, 6) is 0. The van der Waals surface area contributed by atoms with Crippen LogP contribution in [0.1, 0.15) is 30.9 Å². The van der Waals surface area contributed by atoms with E-state index in [9.17, 15) is 10.2 Å². The second kappa shape index (κ2) is 7.96. The maximum Gasteiger partial charge on any atom is 0.296 e. The number of halogens is 1. The minimum atomic E-state index is -0.966. The van der Waals surface area contributed by atoms with Gasteiger partial charge in [0.25, 0.3) is 6.01 Å². The number of hydrogen-bond donors (Lipinski definition) is 3. The van der Waals surface area contributed by atoms with Gasteiger partial charge in [-0.1, -0.05) is 11.6 Å². The van der Waals surface area contributed by atoms with Gasteiger partial charge in [-0.2, -0.15) is 10.1 Å². The Morgan fingerprint density at radius 3 is 2.75 bits per heavy atom. The van der Waals surface area contributed by atoms with Gasteiger partial charge >= 0.3 is 0 Å². The van der Waals surface area contributed by atoms with Gasteiger partial charge in [0.2, 0.25) is 0 Å². The van der Waals surface area contributed by atoms with Gasteiger partial charge in [-0.15, -0.1) is 0 Å². The number of imidazole rings is 1. The topological polar surface area (TPSA) is 128 Å². The van der Waals surface area contributed by atoms with Crippen LogP contribution in [0.4, 0.5) is 0 Å². The number of aliphatic hydroxyl groups excluding tert-OH is 1. The van der Waals surface area contributed by atoms with Crippen molar-refractivity contribution in [1.29, 1.82) is 0 Å². The number of aryl methyl sites for hydroxylation is 3. The molecule has 11 heteroatoms. The minimum Gasteiger partial charge on any atom is -0.456 e. The van der Waals surface area contributed by atoms with Crippen molar-refractivity contribution in [1.82, 2.24) is 24.7 Å². The van der Waals surface area contributed by atoms with Crippen molar-refractivity contribution in [2.75, 3.05) is 13.2 Å². The number of ether oxygens (including phenoxy) is 3. The molecule has 0 aromatic carbocycles. The number of pyridine rings is 1. The third-order valence-corrected chi connectivity index (χ3v) is 6.22. The first-order valence-corrected chi connectivity index (χ1v) is 11.0. The van der Waals surface area contributed by atoms with Crippen molar-refractivity contribution in [2.24, 2.45) is 7.05 Å². The number of aromatic nitrogens is 5. The minimum absolute atomic E-state index is 0.239. The molecule has 0 bridgehead atoms. The van der Waals surface area contributed by atoms with E-state index in [0.717, 1.165) is 11.4 Å². The van der Waals surface area contributed by atoms with Crippen LogP contribution in [0, 0.1) is 0 Å². The maximum absolute atomic E-state index is 10.3. The van der Waals surface area contributed by atoms with E-state index in [-0.39, 0.29) is 24.9 Å². The molecule has 32 heavy (non-hydrogen) atoms. The molecule has 0 radical (unpaired) electrons. The lowest BCUT2D eigenvalue weighted by atomic mass is 10.0. The Hall–Kier alpha value is -2.24. The molecule has 4 atom stereocenters. The van der Waals surface area contributed by atoms with Crippen molar-refractivity contribution < 1.29 is 24.4 Å². The predicted octanol–water partition coefficient (Wildman–Crippen LogP) is 1.26. The van der Waals surface area contributed by atoms with Gasteiger partial charge in [0, 0.05) is 7.05 Å². The second-order valence-electron chi connectivity index (χ2n) is 8.85. The molecule has 0 amide bonds. The van der Waals surface area contributed by atoms with Crippen molar-refractivity contribution in [3.8, 4) is 6.01 Å². The Balaban J connectivity index is 1.30. The summed E-state index contributed by atoms with van der Waals surface area (Å²) in [4.78, 5) is 12.1. The van der Waals surface area contributed by atoms with E-state index in [0.29, 0.717) is 47.3 Å². The standard InChI is InChI=1S/C21H26ClN5O5/c1-21(2,29)16-6-10(26-27(16)3)4-5-12-11(22)7-13-19(23-12)25-20(24-13)32-15-9-31-17-14(28)8-30-18(15)17/h6-7,14-15,17-18,28-29H,4-5,8-9H2,1-3H3,(H,23,24,25)/t14-,15-,17-,18-/m1/s1. The fraction of sp³-hybridized carbons (Fsp3) is 0.571. The van der Waals surface area contributed by atoms with Crippen LogP contribution in [-0.2, 0) is 35.0 Å². The highest BCUT2D eigenvalue weighted by molar-refractivity contribution is 6.31. The molecule has 172 valence electrons. The monoisotopic (exact) mass is 463 g/mol. The van der Waals surface area contributed by atoms with E-state index in [2.05, 4.69) is 20.1 Å². The third-order valence-electron chi connectivity index (χ3n) is 5.90. The van der Waals surface area contributed by atoms with Gasteiger partial charge < -0.3 is 29.4 Å². The van der Waals surface area contributed by atoms with E-state index in [1.807, 2.05) is 13.1 Å². The van der Waals surface area contributed by atoms with Crippen LogP contribution < -0.4 is 4.74 Å². The molecule has 5 rings (SSSR count). The highest BCUT2D eigenvalue weighted by Gasteiger charge is 2.48. The van der Waals surface area contributed by atoms with Crippen LogP contribution in [-0.4, -0.2) is 72.6 Å². The number of aliphatic hydroxyl groups is 2. The molecule has 5 heterocycles. The van der Waals surface area contributed by atoms with E-state index in [1.54, 1.807) is 24.6 Å². The van der Waals surface area contributed by atoms with Crippen LogP contribution in [0.3, 0.4) is 0 Å². The average Bonchev–Trinajstić information content (AvgIpc) is 3.46. The van der Waals surface area contributed by atoms with Gasteiger partial charge in [0.15, 0.2) is 11.8 Å². The van der Waals surface area contributed by atoms with Gasteiger partial charge in [-0.3, -0.25) is 4.68 Å². The summed E-state index contributed by atoms with van der Waals surface area (Å²) in [7, 11) is 1.81. The number of fused-ring (bicyclic) bond motifs is 2. The van der Waals surface area contributed by atoms with E-state index < -0.39 is 11.7 Å². The van der Waals surface area contributed by atoms with Gasteiger partial charge in [-0.25, -0.2) is 4.98 Å². The van der Waals surface area contributed by atoms with Crippen LogP contribution in [0.2, 0.25) is 5.02 Å². The summed E-state index contributed by atoms with van der Waals surface area (Å²) in [5, 5.41) is 25.1. The lowest BCUT2D eigenvalue weighted by molar-refractivity contribution is 0.00706. The predicted molar refractivity (Wildman–Crippen MR) is 115 cm³/mol. The molecule has 0 spiro atoms. The number of aromatic amines is 1. The Labute approximate surface area is 189 Å². The number of nitrogens with zero attached hydrogens (tertiary/aromatic N) is 4. The largest absolute Gasteiger partial charge is 0.456 e. The number of nitrogens with one attached hydrogen (secondary N) is 1. The van der Waals surface area contributed by atoms with Gasteiger partial charge in [-0.05, 0) is 38.8 Å². The Kier molecular flexibility index (Phi) is 5.37. The van der Waals surface area contributed by atoms with Crippen molar-refractivity contribution in [2.45, 2.75) is 56.7 Å². The SMILES string of the molecule is Cn1nc(CCc2nc3nc(O[C@@H]4CO[C@H]5[C@@H]4OC[C@H]5O)[nH]c3cc2Cl)cc1C(C)(C)O. The molecule has 3 aromatic rings. The molecule has 2 fully saturated rings. The van der Waals surface area contributed by atoms with E-state index in [4.69, 9.17) is 25.8 Å². The van der Waals surface area contributed by atoms with Crippen molar-refractivity contribution in [3.05, 3.63) is 34.2 Å². The summed E-state index contributed by atoms with van der Waals surface area (Å²) >= 11 is 6.46. The Morgan fingerprint density at radius 2 is 2.00 bits per heavy atom. The highest BCUT2D eigenvalue weighted by Crippen LogP contribution is 2.30. The molecule has 2 aliphatic heterocycles. The average molecular weight is 464 g/mol. The first-order chi connectivity index (χ1) is 15.2. The summed E-state index contributed by atoms with van der Waals surface area (Å²) in [5.41, 5.74) is 2.50. The lowest BCUT2D eigenvalue weighted by Crippen LogP contribution is -2.34. The zero-order chi connectivity index (χ0) is 22.6. The normalized spacial score (nSPS) is 25.6. The molecule has 3 N–H and O–H groups in total. The van der Waals surface area contributed by atoms with Gasteiger partial charge in [0.1, 0.15) is 23.9 Å². The molecule has 0 saturated carbocycles. The molecule has 0 unspecified atom stereocenters. The second-order valence-corrected chi connectivity index (χ2v) is 9.26. The first-order valence-electron chi connectivity index (χ1n) is 10.6. The molecule has 0 aliphatic carbocycles. The first kappa shape index (κ1) is 21.6. The summed E-state index contributed by atoms with van der Waals surface area (Å²) in [6.07, 6.45) is -0.485. The fourth-order valence-corrected chi connectivity index (χ4v) is 4.57. The Morgan fingerprint density at radius 1 is 1.22 bits per heavy atom. The molecule has 2 saturated heterocycles. The smallest absolute Gasteiger partial charge is 0.296 e. The third kappa shape index (κ3) is 3.97. The number of rotatable bonds is 6. The Bertz CT molecular complexity index is 1140. The highest BCUT2D eigenvalue weighted by atomic mass is 35.5. The zero-order valence-electron chi connectivity index (χ0n) is 18.1. The maximum atomic E-state index is 10.3. The van der Waals surface area contributed by atoms with Crippen LogP contribution >= 0.6 is 11.6 Å². The molecule has 3 aromatic heterocycles. The van der Waals surface area contributed by atoms with Crippen LogP contribution in [0.15, 0.2) is 12.1 Å². The van der Waals surface area contributed by atoms with Crippen LogP contribution in [0.25, 0.3) is 11.2 Å². The fourth-order valence-electron chi connectivity index (χ4n) is 4.32. The lowest BCUT2D eigenvalue weighted by Gasteiger charge is -2.16.